The second kappa shape index (κ2) is 11.2. The highest BCUT2D eigenvalue weighted by Crippen LogP contribution is 2.52. The average molecular weight is 495 g/mol. The number of hydrogen-bond donors (Lipinski definition) is 3. The van der Waals surface area contributed by atoms with E-state index in [-0.39, 0.29) is 35.9 Å². The molecule has 4 fully saturated rings. The first-order valence-corrected chi connectivity index (χ1v) is 14.8. The molecule has 3 saturated carbocycles. The lowest BCUT2D eigenvalue weighted by Crippen LogP contribution is -2.60. The molecule has 4 N–H and O–H groups in total. The SMILES string of the molecule is CC1CCCC2CC(C(=O)NC(c3cccc(CC(N)=O)n3)C3CC3)NC12C1CCCCCCCC1. The van der Waals surface area contributed by atoms with Crippen LogP contribution in [0.4, 0.5) is 0 Å². The molecule has 3 aliphatic carbocycles. The number of nitrogens with zero attached hydrogens (tertiary/aromatic N) is 1. The number of aromatic nitrogens is 1. The van der Waals surface area contributed by atoms with Gasteiger partial charge in [0.1, 0.15) is 0 Å². The number of carbonyl (C=O) groups excluding carboxylic acids is 2. The van der Waals surface area contributed by atoms with E-state index >= 15 is 0 Å². The van der Waals surface area contributed by atoms with Crippen molar-refractivity contribution in [3.05, 3.63) is 29.6 Å². The Kier molecular flexibility index (Phi) is 7.99. The number of rotatable bonds is 7. The zero-order valence-corrected chi connectivity index (χ0v) is 22.1. The largest absolute Gasteiger partial charge is 0.369 e. The lowest BCUT2D eigenvalue weighted by Gasteiger charge is -2.50. The van der Waals surface area contributed by atoms with Gasteiger partial charge in [-0.05, 0) is 80.8 Å². The molecule has 1 aromatic rings. The molecule has 36 heavy (non-hydrogen) atoms. The highest BCUT2D eigenvalue weighted by Gasteiger charge is 2.56. The number of amides is 2. The van der Waals surface area contributed by atoms with Crippen molar-refractivity contribution >= 4 is 11.8 Å². The summed E-state index contributed by atoms with van der Waals surface area (Å²) in [6.45, 7) is 2.45. The molecule has 198 valence electrons. The maximum atomic E-state index is 13.8. The quantitative estimate of drug-likeness (QED) is 0.499. The first kappa shape index (κ1) is 25.7. The molecule has 2 amide bonds. The zero-order valence-electron chi connectivity index (χ0n) is 22.1. The predicted molar refractivity (Wildman–Crippen MR) is 142 cm³/mol. The fourth-order valence-electron chi connectivity index (χ4n) is 7.97. The summed E-state index contributed by atoms with van der Waals surface area (Å²) in [7, 11) is 0. The fourth-order valence-corrected chi connectivity index (χ4v) is 7.97. The Morgan fingerprint density at radius 2 is 1.69 bits per heavy atom. The molecular weight excluding hydrogens is 448 g/mol. The van der Waals surface area contributed by atoms with E-state index in [1.54, 1.807) is 0 Å². The van der Waals surface area contributed by atoms with Gasteiger partial charge < -0.3 is 11.1 Å². The molecule has 0 bridgehead atoms. The third-order valence-electron chi connectivity index (χ3n) is 9.87. The van der Waals surface area contributed by atoms with Crippen molar-refractivity contribution in [3.63, 3.8) is 0 Å². The van der Waals surface area contributed by atoms with E-state index in [4.69, 9.17) is 10.7 Å². The molecule has 5 unspecified atom stereocenters. The van der Waals surface area contributed by atoms with Gasteiger partial charge in [-0.3, -0.25) is 19.9 Å². The first-order valence-electron chi connectivity index (χ1n) is 14.8. The number of primary amides is 1. The summed E-state index contributed by atoms with van der Waals surface area (Å²) >= 11 is 0. The van der Waals surface area contributed by atoms with Gasteiger partial charge in [-0.1, -0.05) is 57.9 Å². The summed E-state index contributed by atoms with van der Waals surface area (Å²) in [5.74, 6) is 2.08. The lowest BCUT2D eigenvalue weighted by atomic mass is 9.59. The van der Waals surface area contributed by atoms with Crippen LogP contribution < -0.4 is 16.4 Å². The summed E-state index contributed by atoms with van der Waals surface area (Å²) in [6, 6.07) is 5.53. The molecule has 1 aromatic heterocycles. The zero-order chi connectivity index (χ0) is 25.1. The highest BCUT2D eigenvalue weighted by atomic mass is 16.2. The minimum atomic E-state index is -0.381. The van der Waals surface area contributed by atoms with Gasteiger partial charge in [0.2, 0.25) is 11.8 Å². The lowest BCUT2D eigenvalue weighted by molar-refractivity contribution is -0.124. The maximum absolute atomic E-state index is 13.8. The molecule has 1 aliphatic heterocycles. The Bertz CT molecular complexity index is 921. The van der Waals surface area contributed by atoms with Gasteiger partial charge in [-0.15, -0.1) is 0 Å². The smallest absolute Gasteiger partial charge is 0.237 e. The minimum absolute atomic E-state index is 0.0898. The fraction of sp³-hybridized carbons (Fsp3) is 0.767. The number of pyridine rings is 1. The molecule has 0 spiro atoms. The van der Waals surface area contributed by atoms with Gasteiger partial charge in [0, 0.05) is 5.54 Å². The van der Waals surface area contributed by atoms with E-state index in [0.717, 1.165) is 25.0 Å². The molecule has 6 nitrogen and oxygen atoms in total. The molecule has 0 radical (unpaired) electrons. The van der Waals surface area contributed by atoms with Crippen LogP contribution in [0.3, 0.4) is 0 Å². The van der Waals surface area contributed by atoms with Crippen LogP contribution in [-0.4, -0.2) is 28.4 Å². The van der Waals surface area contributed by atoms with Crippen LogP contribution in [0.1, 0.15) is 114 Å². The second-order valence-electron chi connectivity index (χ2n) is 12.3. The topological polar surface area (TPSA) is 97.1 Å². The molecule has 4 aliphatic rings. The van der Waals surface area contributed by atoms with E-state index in [9.17, 15) is 9.59 Å². The van der Waals surface area contributed by atoms with E-state index in [2.05, 4.69) is 17.6 Å². The average Bonchev–Trinajstić information content (AvgIpc) is 3.58. The van der Waals surface area contributed by atoms with Crippen LogP contribution in [-0.2, 0) is 16.0 Å². The molecular formula is C30H46N4O2. The van der Waals surface area contributed by atoms with E-state index in [1.165, 1.54) is 70.6 Å². The van der Waals surface area contributed by atoms with Gasteiger partial charge in [0.15, 0.2) is 0 Å². The van der Waals surface area contributed by atoms with Crippen LogP contribution in [0.15, 0.2) is 18.2 Å². The van der Waals surface area contributed by atoms with Gasteiger partial charge >= 0.3 is 0 Å². The van der Waals surface area contributed by atoms with Crippen LogP contribution in [0, 0.1) is 23.7 Å². The van der Waals surface area contributed by atoms with E-state index < -0.39 is 0 Å². The van der Waals surface area contributed by atoms with E-state index in [1.807, 2.05) is 18.2 Å². The van der Waals surface area contributed by atoms with Crippen LogP contribution in [0.25, 0.3) is 0 Å². The molecule has 6 heteroatoms. The number of fused-ring (bicyclic) bond motifs is 1. The predicted octanol–water partition coefficient (Wildman–Crippen LogP) is 4.96. The molecule has 2 heterocycles. The summed E-state index contributed by atoms with van der Waals surface area (Å²) < 4.78 is 0. The first-order chi connectivity index (χ1) is 17.5. The van der Waals surface area contributed by atoms with Crippen LogP contribution in [0.2, 0.25) is 0 Å². The standard InChI is InChI=1S/C30H46N4O2/c1-20-10-8-13-23-18-26(34-30(20,23)22-11-6-4-2-3-5-7-12-22)29(36)33-28(21-16-17-21)25-15-9-14-24(32-25)19-27(31)35/h9,14-15,20-23,26,28,34H,2-8,10-13,16-19H2,1H3,(H2,31,35)(H,33,36). The Morgan fingerprint density at radius 1 is 1.00 bits per heavy atom. The van der Waals surface area contributed by atoms with Crippen molar-refractivity contribution < 1.29 is 9.59 Å². The molecule has 5 atom stereocenters. The second-order valence-corrected chi connectivity index (χ2v) is 12.3. The monoisotopic (exact) mass is 494 g/mol. The summed E-state index contributed by atoms with van der Waals surface area (Å²) in [5.41, 5.74) is 7.05. The number of nitrogens with one attached hydrogen (secondary N) is 2. The van der Waals surface area contributed by atoms with Crippen molar-refractivity contribution in [2.75, 3.05) is 0 Å². The third kappa shape index (κ3) is 5.49. The summed E-state index contributed by atoms with van der Waals surface area (Å²) in [5, 5.41) is 7.47. The van der Waals surface area contributed by atoms with Gasteiger partial charge in [-0.2, -0.15) is 0 Å². The van der Waals surface area contributed by atoms with E-state index in [0.29, 0.717) is 29.4 Å². The Hall–Kier alpha value is -1.95. The van der Waals surface area contributed by atoms with Crippen LogP contribution >= 0.6 is 0 Å². The van der Waals surface area contributed by atoms with Crippen molar-refractivity contribution in [1.29, 1.82) is 0 Å². The number of nitrogens with two attached hydrogens (primary N) is 1. The van der Waals surface area contributed by atoms with Crippen molar-refractivity contribution in [2.45, 2.75) is 121 Å². The number of hydrogen-bond acceptors (Lipinski definition) is 4. The Morgan fingerprint density at radius 3 is 2.39 bits per heavy atom. The minimum Gasteiger partial charge on any atom is -0.369 e. The molecule has 5 rings (SSSR count). The van der Waals surface area contributed by atoms with Crippen molar-refractivity contribution in [3.8, 4) is 0 Å². The normalized spacial score (nSPS) is 32.5. The molecule has 0 aromatic carbocycles. The van der Waals surface area contributed by atoms with Crippen LogP contribution in [0.5, 0.6) is 0 Å². The Balaban J connectivity index is 1.33. The third-order valence-corrected chi connectivity index (χ3v) is 9.87. The Labute approximate surface area is 217 Å². The molecule has 1 saturated heterocycles. The maximum Gasteiger partial charge on any atom is 0.237 e. The van der Waals surface area contributed by atoms with Gasteiger partial charge in [-0.25, -0.2) is 0 Å². The highest BCUT2D eigenvalue weighted by molar-refractivity contribution is 5.83. The summed E-state index contributed by atoms with van der Waals surface area (Å²) in [4.78, 5) is 29.9. The number of carbonyl (C=O) groups is 2. The van der Waals surface area contributed by atoms with Crippen molar-refractivity contribution in [1.82, 2.24) is 15.6 Å². The van der Waals surface area contributed by atoms with Crippen molar-refractivity contribution in [2.24, 2.45) is 29.4 Å². The summed E-state index contributed by atoms with van der Waals surface area (Å²) in [6.07, 6.45) is 17.9. The van der Waals surface area contributed by atoms with Gasteiger partial charge in [0.25, 0.3) is 0 Å². The van der Waals surface area contributed by atoms with Gasteiger partial charge in [0.05, 0.1) is 29.9 Å².